The number of nitrogens with zero attached hydrogens (tertiary/aromatic N) is 2. The van der Waals surface area contributed by atoms with E-state index >= 15 is 0 Å². The number of aromatic nitrogens is 1. The molecule has 2 aliphatic heterocycles. The van der Waals surface area contributed by atoms with Crippen molar-refractivity contribution < 1.29 is 14.3 Å². The summed E-state index contributed by atoms with van der Waals surface area (Å²) in [6.45, 7) is 3.91. The number of likely N-dealkylation sites (tertiary alicyclic amines) is 1. The second-order valence-corrected chi connectivity index (χ2v) is 6.32. The van der Waals surface area contributed by atoms with Gasteiger partial charge >= 0.3 is 0 Å². The molecule has 2 fully saturated rings. The highest BCUT2D eigenvalue weighted by molar-refractivity contribution is 5.92. The van der Waals surface area contributed by atoms with E-state index in [-0.39, 0.29) is 23.5 Å². The lowest BCUT2D eigenvalue weighted by Gasteiger charge is -2.38. The highest BCUT2D eigenvalue weighted by atomic mass is 16.5. The lowest BCUT2D eigenvalue weighted by Crippen LogP contribution is -2.47. The molecule has 1 spiro atoms. The second-order valence-electron chi connectivity index (χ2n) is 6.32. The molecule has 0 aromatic carbocycles. The van der Waals surface area contributed by atoms with Crippen molar-refractivity contribution in [3.63, 3.8) is 0 Å². The number of carbonyl (C=O) groups is 2. The summed E-state index contributed by atoms with van der Waals surface area (Å²) in [4.78, 5) is 29.9. The fourth-order valence-electron chi connectivity index (χ4n) is 3.43. The van der Waals surface area contributed by atoms with Crippen LogP contribution < -0.4 is 5.32 Å². The molecule has 124 valence electrons. The third-order valence-electron chi connectivity index (χ3n) is 4.77. The van der Waals surface area contributed by atoms with Gasteiger partial charge in [0, 0.05) is 25.7 Å². The molecule has 2 amide bonds. The van der Waals surface area contributed by atoms with Gasteiger partial charge in [0.15, 0.2) is 0 Å². The summed E-state index contributed by atoms with van der Waals surface area (Å²) in [7, 11) is 0. The first-order valence-corrected chi connectivity index (χ1v) is 8.25. The Morgan fingerprint density at radius 1 is 1.39 bits per heavy atom. The quantitative estimate of drug-likeness (QED) is 0.914. The Kier molecular flexibility index (Phi) is 4.61. The molecule has 0 bridgehead atoms. The number of pyridine rings is 1. The largest absolute Gasteiger partial charge is 0.373 e. The van der Waals surface area contributed by atoms with Gasteiger partial charge in [-0.25, -0.2) is 0 Å². The summed E-state index contributed by atoms with van der Waals surface area (Å²) in [6, 6.07) is 5.30. The molecule has 3 rings (SSSR count). The van der Waals surface area contributed by atoms with Crippen molar-refractivity contribution in [1.82, 2.24) is 15.2 Å². The SMILES string of the molecule is CCC(=O)N1CCC2(CC1)C[C@H](NC(=O)c1ccccn1)CO2. The molecule has 1 N–H and O–H groups in total. The van der Waals surface area contributed by atoms with Crippen LogP contribution in [0.5, 0.6) is 0 Å². The zero-order valence-electron chi connectivity index (χ0n) is 13.5. The van der Waals surface area contributed by atoms with E-state index < -0.39 is 0 Å². The molecule has 6 nitrogen and oxygen atoms in total. The van der Waals surface area contributed by atoms with Gasteiger partial charge in [-0.15, -0.1) is 0 Å². The lowest BCUT2D eigenvalue weighted by atomic mass is 9.87. The number of amides is 2. The molecule has 2 saturated heterocycles. The Morgan fingerprint density at radius 3 is 2.83 bits per heavy atom. The number of rotatable bonds is 3. The summed E-state index contributed by atoms with van der Waals surface area (Å²) < 4.78 is 6.02. The minimum absolute atomic E-state index is 0.0120. The minimum Gasteiger partial charge on any atom is -0.373 e. The predicted octanol–water partition coefficient (Wildman–Crippen LogP) is 1.37. The zero-order chi connectivity index (χ0) is 16.3. The molecule has 1 aromatic heterocycles. The summed E-state index contributed by atoms with van der Waals surface area (Å²) >= 11 is 0. The summed E-state index contributed by atoms with van der Waals surface area (Å²) in [6.07, 6.45) is 4.65. The fraction of sp³-hybridized carbons (Fsp3) is 0.588. The van der Waals surface area contributed by atoms with Crippen LogP contribution in [0.1, 0.15) is 43.1 Å². The van der Waals surface area contributed by atoms with Crippen molar-refractivity contribution in [1.29, 1.82) is 0 Å². The Bertz CT molecular complexity index is 568. The molecule has 3 heterocycles. The van der Waals surface area contributed by atoms with Gasteiger partial charge in [-0.05, 0) is 31.4 Å². The van der Waals surface area contributed by atoms with Crippen LogP contribution in [0.4, 0.5) is 0 Å². The van der Waals surface area contributed by atoms with Crippen molar-refractivity contribution in [3.05, 3.63) is 30.1 Å². The van der Waals surface area contributed by atoms with Gasteiger partial charge in [-0.1, -0.05) is 13.0 Å². The van der Waals surface area contributed by atoms with Crippen LogP contribution in [-0.4, -0.2) is 53.0 Å². The van der Waals surface area contributed by atoms with Gasteiger partial charge in [0.1, 0.15) is 5.69 Å². The van der Waals surface area contributed by atoms with Crippen molar-refractivity contribution in [2.24, 2.45) is 0 Å². The Morgan fingerprint density at radius 2 is 2.17 bits per heavy atom. The standard InChI is InChI=1S/C17H23N3O3/c1-2-15(21)20-9-6-17(7-10-20)11-13(12-23-17)19-16(22)14-5-3-4-8-18-14/h3-5,8,13H,2,6-7,9-12H2,1H3,(H,19,22)/t13-/m0/s1. The van der Waals surface area contributed by atoms with Gasteiger partial charge in [0.25, 0.3) is 5.91 Å². The highest BCUT2D eigenvalue weighted by Crippen LogP contribution is 2.36. The van der Waals surface area contributed by atoms with Crippen LogP contribution in [-0.2, 0) is 9.53 Å². The molecule has 0 saturated carbocycles. The number of hydrogen-bond acceptors (Lipinski definition) is 4. The molecule has 1 atom stereocenters. The van der Waals surface area contributed by atoms with E-state index in [1.54, 1.807) is 24.4 Å². The minimum atomic E-state index is -0.188. The molecule has 0 aliphatic carbocycles. The normalized spacial score (nSPS) is 23.0. The van der Waals surface area contributed by atoms with Crippen LogP contribution in [0.15, 0.2) is 24.4 Å². The number of ether oxygens (including phenoxy) is 1. The van der Waals surface area contributed by atoms with E-state index in [2.05, 4.69) is 10.3 Å². The third-order valence-corrected chi connectivity index (χ3v) is 4.77. The first-order chi connectivity index (χ1) is 11.1. The number of piperidine rings is 1. The molecule has 23 heavy (non-hydrogen) atoms. The number of hydrogen-bond donors (Lipinski definition) is 1. The average molecular weight is 317 g/mol. The molecule has 2 aliphatic rings. The smallest absolute Gasteiger partial charge is 0.270 e. The first-order valence-electron chi connectivity index (χ1n) is 8.25. The van der Waals surface area contributed by atoms with Crippen LogP contribution in [0.2, 0.25) is 0 Å². The maximum Gasteiger partial charge on any atom is 0.270 e. The lowest BCUT2D eigenvalue weighted by molar-refractivity contribution is -0.135. The van der Waals surface area contributed by atoms with Gasteiger partial charge in [0.05, 0.1) is 18.2 Å². The van der Waals surface area contributed by atoms with Crippen molar-refractivity contribution in [3.8, 4) is 0 Å². The molecule has 0 radical (unpaired) electrons. The Hall–Kier alpha value is -1.95. The molecular weight excluding hydrogens is 294 g/mol. The average Bonchev–Trinajstić information content (AvgIpc) is 2.98. The Balaban J connectivity index is 1.53. The predicted molar refractivity (Wildman–Crippen MR) is 84.9 cm³/mol. The molecule has 6 heteroatoms. The fourth-order valence-corrected chi connectivity index (χ4v) is 3.43. The van der Waals surface area contributed by atoms with E-state index in [0.717, 1.165) is 32.4 Å². The van der Waals surface area contributed by atoms with Crippen molar-refractivity contribution in [2.45, 2.75) is 44.2 Å². The van der Waals surface area contributed by atoms with Crippen LogP contribution in [0.3, 0.4) is 0 Å². The van der Waals surface area contributed by atoms with Gasteiger partial charge < -0.3 is 15.0 Å². The van der Waals surface area contributed by atoms with Crippen molar-refractivity contribution in [2.75, 3.05) is 19.7 Å². The summed E-state index contributed by atoms with van der Waals surface area (Å²) in [5.41, 5.74) is 0.240. The number of carbonyl (C=O) groups excluding carboxylic acids is 2. The van der Waals surface area contributed by atoms with Crippen LogP contribution in [0, 0.1) is 0 Å². The summed E-state index contributed by atoms with van der Waals surface area (Å²) in [5, 5.41) is 3.00. The van der Waals surface area contributed by atoms with Gasteiger partial charge in [0.2, 0.25) is 5.91 Å². The van der Waals surface area contributed by atoms with E-state index in [9.17, 15) is 9.59 Å². The van der Waals surface area contributed by atoms with Crippen LogP contribution in [0.25, 0.3) is 0 Å². The summed E-state index contributed by atoms with van der Waals surface area (Å²) in [5.74, 6) is 0.0488. The molecule has 0 unspecified atom stereocenters. The van der Waals surface area contributed by atoms with Crippen LogP contribution >= 0.6 is 0 Å². The van der Waals surface area contributed by atoms with E-state index in [0.29, 0.717) is 18.7 Å². The topological polar surface area (TPSA) is 71.5 Å². The van der Waals surface area contributed by atoms with Crippen molar-refractivity contribution >= 4 is 11.8 Å². The maximum atomic E-state index is 12.2. The Labute approximate surface area is 136 Å². The molecular formula is C17H23N3O3. The van der Waals surface area contributed by atoms with E-state index in [1.165, 1.54) is 0 Å². The zero-order valence-corrected chi connectivity index (χ0v) is 13.5. The first kappa shape index (κ1) is 15.9. The number of nitrogens with one attached hydrogen (secondary N) is 1. The van der Waals surface area contributed by atoms with Gasteiger partial charge in [-0.2, -0.15) is 0 Å². The maximum absolute atomic E-state index is 12.2. The van der Waals surface area contributed by atoms with E-state index in [4.69, 9.17) is 4.74 Å². The third kappa shape index (κ3) is 3.52. The van der Waals surface area contributed by atoms with Gasteiger partial charge in [-0.3, -0.25) is 14.6 Å². The monoisotopic (exact) mass is 317 g/mol. The molecule has 1 aromatic rings. The second kappa shape index (κ2) is 6.66. The van der Waals surface area contributed by atoms with E-state index in [1.807, 2.05) is 11.8 Å². The highest BCUT2D eigenvalue weighted by Gasteiger charge is 2.43.